The third-order valence-corrected chi connectivity index (χ3v) is 2.92. The smallest absolute Gasteiger partial charge is 0.191 e. The molecule has 0 spiro atoms. The van der Waals surface area contributed by atoms with E-state index in [0.717, 1.165) is 42.4 Å². The lowest BCUT2D eigenvalue weighted by atomic mass is 10.1. The summed E-state index contributed by atoms with van der Waals surface area (Å²) < 4.78 is 0. The molecule has 0 fully saturated rings. The summed E-state index contributed by atoms with van der Waals surface area (Å²) in [5, 5.41) is 13.3. The zero-order valence-electron chi connectivity index (χ0n) is 12.6. The fourth-order valence-electron chi connectivity index (χ4n) is 1.92. The number of rotatable bonds is 6. The first-order valence-electron chi connectivity index (χ1n) is 7.30. The van der Waals surface area contributed by atoms with Crippen LogP contribution in [0.2, 0.25) is 0 Å². The van der Waals surface area contributed by atoms with Gasteiger partial charge in [-0.15, -0.1) is 0 Å². The topological polar surface area (TPSA) is 78.0 Å². The van der Waals surface area contributed by atoms with Crippen molar-refractivity contribution < 1.29 is 0 Å². The second kappa shape index (κ2) is 8.04. The van der Waals surface area contributed by atoms with Gasteiger partial charge in [-0.25, -0.2) is 9.98 Å². The van der Waals surface area contributed by atoms with Crippen LogP contribution in [0, 0.1) is 0 Å². The Morgan fingerprint density at radius 2 is 2.19 bits per heavy atom. The number of aromatic amines is 1. The highest BCUT2D eigenvalue weighted by Gasteiger charge is 2.02. The number of hydrogen-bond acceptors (Lipinski definition) is 3. The van der Waals surface area contributed by atoms with Crippen molar-refractivity contribution in [2.24, 2.45) is 4.99 Å². The second-order valence-corrected chi connectivity index (χ2v) is 4.66. The molecule has 1 heterocycles. The van der Waals surface area contributed by atoms with Crippen LogP contribution in [-0.2, 0) is 6.54 Å². The van der Waals surface area contributed by atoms with Gasteiger partial charge in [0.05, 0.1) is 6.54 Å². The third kappa shape index (κ3) is 4.59. The van der Waals surface area contributed by atoms with Crippen molar-refractivity contribution in [2.45, 2.75) is 26.8 Å². The Kier molecular flexibility index (Phi) is 5.75. The molecule has 6 heteroatoms. The molecule has 0 saturated carbocycles. The Balaban J connectivity index is 2.06. The lowest BCUT2D eigenvalue weighted by molar-refractivity contribution is 0.785. The average molecular weight is 286 g/mol. The maximum absolute atomic E-state index is 4.59. The van der Waals surface area contributed by atoms with E-state index < -0.39 is 0 Å². The number of benzene rings is 1. The molecule has 112 valence electrons. The van der Waals surface area contributed by atoms with Gasteiger partial charge in [0, 0.05) is 18.7 Å². The molecule has 0 aliphatic heterocycles. The Bertz CT molecular complexity index is 561. The number of guanidine groups is 1. The van der Waals surface area contributed by atoms with Crippen LogP contribution in [0.25, 0.3) is 11.4 Å². The molecule has 2 rings (SSSR count). The van der Waals surface area contributed by atoms with E-state index in [0.29, 0.717) is 6.54 Å². The maximum atomic E-state index is 4.59. The normalized spacial score (nSPS) is 11.4. The molecule has 6 nitrogen and oxygen atoms in total. The molecule has 0 atom stereocenters. The van der Waals surface area contributed by atoms with E-state index in [1.54, 1.807) is 0 Å². The molecule has 1 aromatic carbocycles. The summed E-state index contributed by atoms with van der Waals surface area (Å²) in [6, 6.07) is 8.16. The number of nitrogens with one attached hydrogen (secondary N) is 3. The van der Waals surface area contributed by atoms with Crippen molar-refractivity contribution in [2.75, 3.05) is 13.1 Å². The van der Waals surface area contributed by atoms with Crippen molar-refractivity contribution in [3.8, 4) is 11.4 Å². The molecular weight excluding hydrogens is 264 g/mol. The number of nitrogens with zero attached hydrogens (tertiary/aromatic N) is 3. The first kappa shape index (κ1) is 15.0. The van der Waals surface area contributed by atoms with Crippen molar-refractivity contribution in [1.29, 1.82) is 0 Å². The van der Waals surface area contributed by atoms with E-state index in [1.807, 2.05) is 12.1 Å². The largest absolute Gasteiger partial charge is 0.357 e. The highest BCUT2D eigenvalue weighted by molar-refractivity contribution is 5.79. The number of H-pyrrole nitrogens is 1. The van der Waals surface area contributed by atoms with Crippen molar-refractivity contribution in [3.05, 3.63) is 36.2 Å². The SMILES string of the molecule is CCCNC(=NCc1cccc(-c2ncn[nH]2)c1)NCC. The molecule has 0 unspecified atom stereocenters. The molecule has 0 radical (unpaired) electrons. The van der Waals surface area contributed by atoms with Gasteiger partial charge in [-0.3, -0.25) is 5.10 Å². The number of aromatic nitrogens is 3. The third-order valence-electron chi connectivity index (χ3n) is 2.92. The summed E-state index contributed by atoms with van der Waals surface area (Å²) in [6.07, 6.45) is 2.59. The van der Waals surface area contributed by atoms with E-state index in [-0.39, 0.29) is 0 Å². The highest BCUT2D eigenvalue weighted by atomic mass is 15.2. The fraction of sp³-hybridized carbons (Fsp3) is 0.400. The zero-order chi connectivity index (χ0) is 14.9. The maximum Gasteiger partial charge on any atom is 0.191 e. The fourth-order valence-corrected chi connectivity index (χ4v) is 1.92. The van der Waals surface area contributed by atoms with Gasteiger partial charge in [-0.1, -0.05) is 25.1 Å². The van der Waals surface area contributed by atoms with Crippen LogP contribution in [0.5, 0.6) is 0 Å². The summed E-state index contributed by atoms with van der Waals surface area (Å²) in [5.41, 5.74) is 2.16. The summed E-state index contributed by atoms with van der Waals surface area (Å²) in [6.45, 7) is 6.60. The monoisotopic (exact) mass is 286 g/mol. The molecule has 3 N–H and O–H groups in total. The van der Waals surface area contributed by atoms with Gasteiger partial charge in [-0.2, -0.15) is 5.10 Å². The molecule has 0 amide bonds. The van der Waals surface area contributed by atoms with Crippen LogP contribution < -0.4 is 10.6 Å². The number of hydrogen-bond donors (Lipinski definition) is 3. The minimum absolute atomic E-state index is 0.626. The molecule has 21 heavy (non-hydrogen) atoms. The van der Waals surface area contributed by atoms with Gasteiger partial charge < -0.3 is 10.6 Å². The first-order valence-corrected chi connectivity index (χ1v) is 7.30. The van der Waals surface area contributed by atoms with Crippen molar-refractivity contribution in [1.82, 2.24) is 25.8 Å². The summed E-state index contributed by atoms with van der Waals surface area (Å²) in [4.78, 5) is 8.76. The zero-order valence-corrected chi connectivity index (χ0v) is 12.6. The van der Waals surface area contributed by atoms with Crippen LogP contribution >= 0.6 is 0 Å². The van der Waals surface area contributed by atoms with Gasteiger partial charge in [0.15, 0.2) is 11.8 Å². The van der Waals surface area contributed by atoms with Crippen molar-refractivity contribution >= 4 is 5.96 Å². The first-order chi connectivity index (χ1) is 10.3. The van der Waals surface area contributed by atoms with E-state index in [4.69, 9.17) is 0 Å². The molecule has 0 aliphatic carbocycles. The molecule has 0 saturated heterocycles. The average Bonchev–Trinajstić information content (AvgIpc) is 3.05. The van der Waals surface area contributed by atoms with E-state index >= 15 is 0 Å². The van der Waals surface area contributed by atoms with E-state index in [2.05, 4.69) is 56.8 Å². The Labute approximate surface area is 125 Å². The highest BCUT2D eigenvalue weighted by Crippen LogP contribution is 2.15. The molecular formula is C15H22N6. The predicted octanol–water partition coefficient (Wildman–Crippen LogP) is 1.94. The summed E-state index contributed by atoms with van der Waals surface area (Å²) in [7, 11) is 0. The summed E-state index contributed by atoms with van der Waals surface area (Å²) in [5.74, 6) is 1.63. The van der Waals surface area contributed by atoms with Crippen LogP contribution in [0.15, 0.2) is 35.6 Å². The second-order valence-electron chi connectivity index (χ2n) is 4.66. The Morgan fingerprint density at radius 1 is 1.29 bits per heavy atom. The minimum atomic E-state index is 0.626. The molecule has 0 aliphatic rings. The van der Waals surface area contributed by atoms with Crippen LogP contribution in [-0.4, -0.2) is 34.2 Å². The molecule has 2 aromatic rings. The van der Waals surface area contributed by atoms with E-state index in [9.17, 15) is 0 Å². The standard InChI is InChI=1S/C15H22N6/c1-3-8-17-15(16-4-2)18-10-12-6-5-7-13(9-12)14-19-11-20-21-14/h5-7,9,11H,3-4,8,10H2,1-2H3,(H2,16,17,18)(H,19,20,21). The Morgan fingerprint density at radius 3 is 2.90 bits per heavy atom. The molecule has 0 bridgehead atoms. The Hall–Kier alpha value is -2.37. The van der Waals surface area contributed by atoms with Gasteiger partial charge in [-0.05, 0) is 25.0 Å². The lowest BCUT2D eigenvalue weighted by Crippen LogP contribution is -2.37. The van der Waals surface area contributed by atoms with Crippen LogP contribution in [0.3, 0.4) is 0 Å². The molecule has 1 aromatic heterocycles. The predicted molar refractivity (Wildman–Crippen MR) is 84.9 cm³/mol. The van der Waals surface area contributed by atoms with Gasteiger partial charge in [0.25, 0.3) is 0 Å². The van der Waals surface area contributed by atoms with Gasteiger partial charge >= 0.3 is 0 Å². The van der Waals surface area contributed by atoms with Crippen molar-refractivity contribution in [3.63, 3.8) is 0 Å². The minimum Gasteiger partial charge on any atom is -0.357 e. The van der Waals surface area contributed by atoms with E-state index in [1.165, 1.54) is 6.33 Å². The van der Waals surface area contributed by atoms with Gasteiger partial charge in [0.2, 0.25) is 0 Å². The van der Waals surface area contributed by atoms with Crippen LogP contribution in [0.4, 0.5) is 0 Å². The number of aliphatic imine (C=N–C) groups is 1. The lowest BCUT2D eigenvalue weighted by Gasteiger charge is -2.10. The quantitative estimate of drug-likeness (QED) is 0.560. The van der Waals surface area contributed by atoms with Crippen LogP contribution in [0.1, 0.15) is 25.8 Å². The summed E-state index contributed by atoms with van der Waals surface area (Å²) >= 11 is 0. The van der Waals surface area contributed by atoms with Gasteiger partial charge in [0.1, 0.15) is 6.33 Å².